The summed E-state index contributed by atoms with van der Waals surface area (Å²) in [6.07, 6.45) is 1.49. The van der Waals surface area contributed by atoms with Crippen LogP contribution in [0.25, 0.3) is 22.0 Å². The minimum atomic E-state index is -0.647. The molecule has 0 bridgehead atoms. The molecule has 1 amide bonds. The number of rotatable bonds is 9. The molecule has 8 nitrogen and oxygen atoms in total. The SMILES string of the molecule is CCOc1cc(C=NNC(=O)c2[nH]c3ccc(I)cc3c2-c2ccccc2)ccc1OC(=O)c1cc(Cl)ccc1OC. The third-order valence-electron chi connectivity index (χ3n) is 6.28. The van der Waals surface area contributed by atoms with Gasteiger partial charge in [0.05, 0.1) is 19.9 Å². The smallest absolute Gasteiger partial charge is 0.347 e. The van der Waals surface area contributed by atoms with Gasteiger partial charge < -0.3 is 19.2 Å². The number of halogens is 2. The van der Waals surface area contributed by atoms with Crippen LogP contribution in [0, 0.1) is 3.57 Å². The van der Waals surface area contributed by atoms with E-state index in [0.29, 0.717) is 34.4 Å². The molecule has 4 aromatic carbocycles. The van der Waals surface area contributed by atoms with E-state index in [0.717, 1.165) is 25.6 Å². The zero-order chi connectivity index (χ0) is 29.6. The van der Waals surface area contributed by atoms with Crippen molar-refractivity contribution in [2.24, 2.45) is 5.10 Å². The second-order valence-corrected chi connectivity index (χ2v) is 10.7. The number of ether oxygens (including phenoxy) is 3. The minimum Gasteiger partial charge on any atom is -0.496 e. The third kappa shape index (κ3) is 6.42. The van der Waals surface area contributed by atoms with E-state index in [-0.39, 0.29) is 17.2 Å². The van der Waals surface area contributed by atoms with E-state index in [1.807, 2.05) is 55.5 Å². The van der Waals surface area contributed by atoms with Crippen LogP contribution < -0.4 is 19.6 Å². The number of carbonyl (C=O) groups excluding carboxylic acids is 2. The standard InChI is InChI=1S/C32H25ClIN3O5/c1-3-41-28-15-19(9-13-27(28)42-32(39)24-16-21(33)10-14-26(24)40-2)18-35-37-31(38)30-29(20-7-5-4-6-8-20)23-17-22(34)11-12-25(23)36-30/h4-18,36H,3H2,1-2H3,(H,37,38). The van der Waals surface area contributed by atoms with Crippen molar-refractivity contribution in [3.8, 4) is 28.4 Å². The predicted octanol–water partition coefficient (Wildman–Crippen LogP) is 7.48. The highest BCUT2D eigenvalue weighted by Gasteiger charge is 2.20. The zero-order valence-electron chi connectivity index (χ0n) is 22.6. The number of aromatic amines is 1. The van der Waals surface area contributed by atoms with Gasteiger partial charge in [-0.1, -0.05) is 41.9 Å². The molecule has 0 aliphatic heterocycles. The molecule has 1 heterocycles. The summed E-state index contributed by atoms with van der Waals surface area (Å²) in [6, 6.07) is 25.4. The number of amides is 1. The molecule has 1 aromatic heterocycles. The van der Waals surface area contributed by atoms with Crippen molar-refractivity contribution in [1.82, 2.24) is 10.4 Å². The molecule has 2 N–H and O–H groups in total. The summed E-state index contributed by atoms with van der Waals surface area (Å²) in [5.41, 5.74) is 6.40. The zero-order valence-corrected chi connectivity index (χ0v) is 25.5. The van der Waals surface area contributed by atoms with E-state index >= 15 is 0 Å². The molecule has 0 saturated heterocycles. The summed E-state index contributed by atoms with van der Waals surface area (Å²) in [6.45, 7) is 2.15. The normalized spacial score (nSPS) is 11.0. The predicted molar refractivity (Wildman–Crippen MR) is 172 cm³/mol. The van der Waals surface area contributed by atoms with Crippen LogP contribution in [0.5, 0.6) is 17.2 Å². The highest BCUT2D eigenvalue weighted by molar-refractivity contribution is 14.1. The van der Waals surface area contributed by atoms with E-state index in [1.54, 1.807) is 30.3 Å². The molecule has 0 aliphatic rings. The number of hydrazone groups is 1. The number of methoxy groups -OCH3 is 1. The molecule has 0 radical (unpaired) electrons. The van der Waals surface area contributed by atoms with Crippen molar-refractivity contribution in [3.05, 3.63) is 110 Å². The van der Waals surface area contributed by atoms with Gasteiger partial charge in [-0.25, -0.2) is 10.2 Å². The molecule has 0 fully saturated rings. The molecule has 0 spiro atoms. The molecule has 0 atom stereocenters. The summed E-state index contributed by atoms with van der Waals surface area (Å²) in [5, 5.41) is 5.49. The van der Waals surface area contributed by atoms with Crippen LogP contribution in [0.4, 0.5) is 0 Å². The van der Waals surface area contributed by atoms with Gasteiger partial charge in [0.2, 0.25) is 0 Å². The molecule has 42 heavy (non-hydrogen) atoms. The van der Waals surface area contributed by atoms with Gasteiger partial charge in [0, 0.05) is 25.1 Å². The van der Waals surface area contributed by atoms with Crippen molar-refractivity contribution in [1.29, 1.82) is 0 Å². The fourth-order valence-electron chi connectivity index (χ4n) is 4.41. The Kier molecular flexibility index (Phi) is 9.09. The second-order valence-electron chi connectivity index (χ2n) is 9.00. The fraction of sp³-hybridized carbons (Fsp3) is 0.0938. The number of hydrogen-bond acceptors (Lipinski definition) is 6. The lowest BCUT2D eigenvalue weighted by Gasteiger charge is -2.13. The molecule has 5 rings (SSSR count). The Morgan fingerprint density at radius 2 is 1.76 bits per heavy atom. The minimum absolute atomic E-state index is 0.183. The van der Waals surface area contributed by atoms with Crippen molar-refractivity contribution >= 4 is 63.2 Å². The monoisotopic (exact) mass is 693 g/mol. The number of carbonyl (C=O) groups is 2. The first kappa shape index (κ1) is 29.2. The van der Waals surface area contributed by atoms with Gasteiger partial charge in [-0.3, -0.25) is 4.79 Å². The van der Waals surface area contributed by atoms with E-state index in [2.05, 4.69) is 38.1 Å². The van der Waals surface area contributed by atoms with Crippen LogP contribution in [0.3, 0.4) is 0 Å². The molecular weight excluding hydrogens is 669 g/mol. The van der Waals surface area contributed by atoms with Crippen LogP contribution in [0.2, 0.25) is 5.02 Å². The third-order valence-corrected chi connectivity index (χ3v) is 7.19. The first-order valence-electron chi connectivity index (χ1n) is 12.9. The maximum Gasteiger partial charge on any atom is 0.347 e. The maximum atomic E-state index is 13.3. The fourth-order valence-corrected chi connectivity index (χ4v) is 5.08. The Morgan fingerprint density at radius 3 is 2.52 bits per heavy atom. The number of H-pyrrole nitrogens is 1. The summed E-state index contributed by atoms with van der Waals surface area (Å²) in [7, 11) is 1.46. The van der Waals surface area contributed by atoms with Crippen LogP contribution in [-0.4, -0.2) is 36.8 Å². The Balaban J connectivity index is 1.36. The lowest BCUT2D eigenvalue weighted by Crippen LogP contribution is -2.18. The van der Waals surface area contributed by atoms with Gasteiger partial charge in [0.15, 0.2) is 11.5 Å². The van der Waals surface area contributed by atoms with Crippen LogP contribution in [0.15, 0.2) is 90.0 Å². The number of aromatic nitrogens is 1. The highest BCUT2D eigenvalue weighted by atomic mass is 127. The van der Waals surface area contributed by atoms with Crippen molar-refractivity contribution in [2.75, 3.05) is 13.7 Å². The van der Waals surface area contributed by atoms with Gasteiger partial charge in [0.1, 0.15) is 17.0 Å². The molecule has 10 heteroatoms. The maximum absolute atomic E-state index is 13.3. The molecular formula is C32H25ClIN3O5. The van der Waals surface area contributed by atoms with Crippen molar-refractivity contribution < 1.29 is 23.8 Å². The summed E-state index contributed by atoms with van der Waals surface area (Å²) < 4.78 is 17.6. The number of nitrogens with one attached hydrogen (secondary N) is 2. The Morgan fingerprint density at radius 1 is 0.976 bits per heavy atom. The highest BCUT2D eigenvalue weighted by Crippen LogP contribution is 2.34. The van der Waals surface area contributed by atoms with Crippen molar-refractivity contribution in [2.45, 2.75) is 6.92 Å². The van der Waals surface area contributed by atoms with Gasteiger partial charge in [-0.2, -0.15) is 5.10 Å². The lowest BCUT2D eigenvalue weighted by molar-refractivity contribution is 0.0724. The van der Waals surface area contributed by atoms with Crippen molar-refractivity contribution in [3.63, 3.8) is 0 Å². The first-order chi connectivity index (χ1) is 20.4. The van der Waals surface area contributed by atoms with Gasteiger partial charge in [0.25, 0.3) is 5.91 Å². The Labute approximate surface area is 260 Å². The number of fused-ring (bicyclic) bond motifs is 1. The van der Waals surface area contributed by atoms with Crippen LogP contribution >= 0.6 is 34.2 Å². The van der Waals surface area contributed by atoms with Crippen LogP contribution in [-0.2, 0) is 0 Å². The average molecular weight is 694 g/mol. The largest absolute Gasteiger partial charge is 0.496 e. The molecule has 0 aliphatic carbocycles. The van der Waals surface area contributed by atoms with Gasteiger partial charge in [-0.05, 0) is 95.2 Å². The molecule has 0 unspecified atom stereocenters. The molecule has 212 valence electrons. The van der Waals surface area contributed by atoms with E-state index in [4.69, 9.17) is 25.8 Å². The molecule has 0 saturated carbocycles. The van der Waals surface area contributed by atoms with Crippen LogP contribution in [0.1, 0.15) is 33.3 Å². The quantitative estimate of drug-likeness (QED) is 0.0548. The summed E-state index contributed by atoms with van der Waals surface area (Å²) in [4.78, 5) is 29.4. The average Bonchev–Trinajstić information content (AvgIpc) is 3.37. The summed E-state index contributed by atoms with van der Waals surface area (Å²) >= 11 is 8.32. The lowest BCUT2D eigenvalue weighted by atomic mass is 10.0. The van der Waals surface area contributed by atoms with E-state index < -0.39 is 5.97 Å². The number of hydrogen-bond donors (Lipinski definition) is 2. The van der Waals surface area contributed by atoms with Gasteiger partial charge >= 0.3 is 5.97 Å². The topological polar surface area (TPSA) is 102 Å². The van der Waals surface area contributed by atoms with E-state index in [9.17, 15) is 9.59 Å². The van der Waals surface area contributed by atoms with E-state index in [1.165, 1.54) is 19.4 Å². The number of esters is 1. The Hall–Kier alpha value is -4.35. The Bertz CT molecular complexity index is 1800. The number of nitrogens with zero attached hydrogens (tertiary/aromatic N) is 1. The number of benzene rings is 4. The first-order valence-corrected chi connectivity index (χ1v) is 14.4. The summed E-state index contributed by atoms with van der Waals surface area (Å²) in [5.74, 6) is -0.153. The second kappa shape index (κ2) is 13.1. The molecule has 5 aromatic rings. The van der Waals surface area contributed by atoms with Gasteiger partial charge in [-0.15, -0.1) is 0 Å².